The molecule has 2 aromatic rings. The first-order valence-electron chi connectivity index (χ1n) is 7.04. The molecule has 0 heterocycles. The van der Waals surface area contributed by atoms with Gasteiger partial charge in [-0.25, -0.2) is 0 Å². The van der Waals surface area contributed by atoms with Gasteiger partial charge in [0.05, 0.1) is 11.1 Å². The molecule has 21 heavy (non-hydrogen) atoms. The summed E-state index contributed by atoms with van der Waals surface area (Å²) in [6, 6.07) is 13.3. The lowest BCUT2D eigenvalue weighted by molar-refractivity contribution is 0.199. The molecule has 3 heteroatoms. The van der Waals surface area contributed by atoms with Crippen LogP contribution >= 0.6 is 11.6 Å². The van der Waals surface area contributed by atoms with Crippen molar-refractivity contribution in [1.82, 2.24) is 0 Å². The number of hydrogen-bond donors (Lipinski definition) is 1. The number of halogens is 1. The lowest BCUT2D eigenvalue weighted by Gasteiger charge is -2.23. The maximum Gasteiger partial charge on any atom is 0.146 e. The van der Waals surface area contributed by atoms with Gasteiger partial charge in [0.2, 0.25) is 0 Å². The Balaban J connectivity index is 2.35. The van der Waals surface area contributed by atoms with Crippen molar-refractivity contribution in [3.05, 3.63) is 58.6 Å². The molecule has 0 radical (unpaired) electrons. The van der Waals surface area contributed by atoms with Gasteiger partial charge >= 0.3 is 0 Å². The van der Waals surface area contributed by atoms with Gasteiger partial charge in [0.15, 0.2) is 0 Å². The normalized spacial score (nSPS) is 13.0. The minimum atomic E-state index is -0.543. The van der Waals surface area contributed by atoms with Crippen molar-refractivity contribution in [3.63, 3.8) is 0 Å². The van der Waals surface area contributed by atoms with Crippen molar-refractivity contribution >= 4 is 11.6 Å². The van der Waals surface area contributed by atoms with Gasteiger partial charge < -0.3 is 9.84 Å². The first kappa shape index (κ1) is 15.9. The van der Waals surface area contributed by atoms with Crippen LogP contribution in [0.15, 0.2) is 42.5 Å². The van der Waals surface area contributed by atoms with Crippen LogP contribution in [0.5, 0.6) is 11.5 Å². The number of para-hydroxylation sites is 1. The van der Waals surface area contributed by atoms with E-state index in [4.69, 9.17) is 16.3 Å². The molecule has 1 N–H and O–H groups in total. The summed E-state index contributed by atoms with van der Waals surface area (Å²) in [6.07, 6.45) is -0.543. The Hall–Kier alpha value is -1.51. The van der Waals surface area contributed by atoms with Crippen LogP contribution in [0.25, 0.3) is 0 Å². The molecule has 0 bridgehead atoms. The van der Waals surface area contributed by atoms with Gasteiger partial charge in [-0.1, -0.05) is 56.6 Å². The fraction of sp³-hybridized carbons (Fsp3) is 0.333. The van der Waals surface area contributed by atoms with E-state index in [2.05, 4.69) is 26.8 Å². The monoisotopic (exact) mass is 304 g/mol. The summed E-state index contributed by atoms with van der Waals surface area (Å²) >= 11 is 6.25. The molecule has 1 unspecified atom stereocenters. The Kier molecular flexibility index (Phi) is 4.60. The minimum absolute atomic E-state index is 0.0113. The van der Waals surface area contributed by atoms with E-state index in [-0.39, 0.29) is 5.41 Å². The molecule has 0 fully saturated rings. The van der Waals surface area contributed by atoms with Crippen LogP contribution in [0, 0.1) is 0 Å². The molecular formula is C18H21ClO2. The van der Waals surface area contributed by atoms with Gasteiger partial charge in [-0.3, -0.25) is 0 Å². The van der Waals surface area contributed by atoms with Gasteiger partial charge in [0.1, 0.15) is 11.5 Å². The molecule has 0 aliphatic rings. The van der Waals surface area contributed by atoms with Crippen LogP contribution in [0.4, 0.5) is 0 Å². The van der Waals surface area contributed by atoms with Crippen LogP contribution in [-0.4, -0.2) is 5.11 Å². The highest BCUT2D eigenvalue weighted by atomic mass is 35.5. The Morgan fingerprint density at radius 1 is 1.05 bits per heavy atom. The van der Waals surface area contributed by atoms with Crippen molar-refractivity contribution in [3.8, 4) is 11.5 Å². The molecule has 2 rings (SSSR count). The molecule has 0 amide bonds. The molecule has 0 aromatic heterocycles. The second kappa shape index (κ2) is 6.08. The zero-order valence-electron chi connectivity index (χ0n) is 12.9. The third kappa shape index (κ3) is 3.78. The average Bonchev–Trinajstić information content (AvgIpc) is 2.40. The smallest absolute Gasteiger partial charge is 0.146 e. The Morgan fingerprint density at radius 2 is 1.71 bits per heavy atom. The molecule has 112 valence electrons. The van der Waals surface area contributed by atoms with Gasteiger partial charge in [0, 0.05) is 5.56 Å². The van der Waals surface area contributed by atoms with Crippen molar-refractivity contribution in [2.45, 2.75) is 39.2 Å². The van der Waals surface area contributed by atoms with Crippen LogP contribution in [0.3, 0.4) is 0 Å². The van der Waals surface area contributed by atoms with Gasteiger partial charge in [-0.2, -0.15) is 0 Å². The number of ether oxygens (including phenoxy) is 1. The summed E-state index contributed by atoms with van der Waals surface area (Å²) in [7, 11) is 0. The van der Waals surface area contributed by atoms with E-state index in [0.29, 0.717) is 10.8 Å². The van der Waals surface area contributed by atoms with Crippen molar-refractivity contribution in [2.24, 2.45) is 0 Å². The molecule has 0 aliphatic carbocycles. The Morgan fingerprint density at radius 3 is 2.29 bits per heavy atom. The molecular weight excluding hydrogens is 284 g/mol. The summed E-state index contributed by atoms with van der Waals surface area (Å²) in [6.45, 7) is 8.15. The highest BCUT2D eigenvalue weighted by Gasteiger charge is 2.19. The van der Waals surface area contributed by atoms with Crippen molar-refractivity contribution < 1.29 is 9.84 Å². The van der Waals surface area contributed by atoms with E-state index in [9.17, 15) is 5.11 Å². The highest BCUT2D eigenvalue weighted by molar-refractivity contribution is 6.32. The van der Waals surface area contributed by atoms with Gasteiger partial charge in [-0.15, -0.1) is 0 Å². The molecule has 0 saturated carbocycles. The van der Waals surface area contributed by atoms with E-state index in [1.807, 2.05) is 24.3 Å². The summed E-state index contributed by atoms with van der Waals surface area (Å²) in [5.41, 5.74) is 1.89. The van der Waals surface area contributed by atoms with Crippen LogP contribution in [-0.2, 0) is 5.41 Å². The number of rotatable bonds is 3. The maximum atomic E-state index is 9.58. The summed E-state index contributed by atoms with van der Waals surface area (Å²) < 4.78 is 5.99. The zero-order valence-corrected chi connectivity index (χ0v) is 13.6. The first-order valence-corrected chi connectivity index (χ1v) is 7.41. The van der Waals surface area contributed by atoms with E-state index in [1.54, 1.807) is 19.1 Å². The molecule has 2 aromatic carbocycles. The number of benzene rings is 2. The summed E-state index contributed by atoms with van der Waals surface area (Å²) in [5.74, 6) is 1.40. The van der Waals surface area contributed by atoms with Crippen LogP contribution in [0.1, 0.15) is 44.9 Å². The topological polar surface area (TPSA) is 29.5 Å². The number of hydrogen-bond acceptors (Lipinski definition) is 2. The van der Waals surface area contributed by atoms with Gasteiger partial charge in [0.25, 0.3) is 0 Å². The number of aliphatic hydroxyl groups excluding tert-OH is 1. The Bertz CT molecular complexity index is 627. The quantitative estimate of drug-likeness (QED) is 0.813. The van der Waals surface area contributed by atoms with E-state index < -0.39 is 6.10 Å². The molecule has 2 nitrogen and oxygen atoms in total. The predicted octanol–water partition coefficient (Wildman–Crippen LogP) is 5.48. The lowest BCUT2D eigenvalue weighted by atomic mass is 9.86. The SMILES string of the molecule is CC(O)c1ccc(Oc2ccccc2C(C)(C)C)c(Cl)c1. The van der Waals surface area contributed by atoms with Crippen molar-refractivity contribution in [1.29, 1.82) is 0 Å². The molecule has 1 atom stereocenters. The predicted molar refractivity (Wildman–Crippen MR) is 87.3 cm³/mol. The van der Waals surface area contributed by atoms with Crippen LogP contribution < -0.4 is 4.74 Å². The second-order valence-corrected chi connectivity index (χ2v) is 6.62. The van der Waals surface area contributed by atoms with E-state index in [0.717, 1.165) is 16.9 Å². The highest BCUT2D eigenvalue weighted by Crippen LogP contribution is 2.37. The third-order valence-corrected chi connectivity index (χ3v) is 3.65. The molecule has 0 aliphatic heterocycles. The fourth-order valence-corrected chi connectivity index (χ4v) is 2.38. The average molecular weight is 305 g/mol. The molecule has 0 saturated heterocycles. The minimum Gasteiger partial charge on any atom is -0.455 e. The third-order valence-electron chi connectivity index (χ3n) is 3.35. The van der Waals surface area contributed by atoms with E-state index >= 15 is 0 Å². The lowest BCUT2D eigenvalue weighted by Crippen LogP contribution is -2.12. The standard InChI is InChI=1S/C18H21ClO2/c1-12(20)13-9-10-17(15(19)11-13)21-16-8-6-5-7-14(16)18(2,3)4/h5-12,20H,1-4H3. The van der Waals surface area contributed by atoms with E-state index in [1.165, 1.54) is 0 Å². The largest absolute Gasteiger partial charge is 0.455 e. The summed E-state index contributed by atoms with van der Waals surface area (Å²) in [4.78, 5) is 0. The Labute approximate surface area is 131 Å². The van der Waals surface area contributed by atoms with Gasteiger partial charge in [-0.05, 0) is 36.1 Å². The summed E-state index contributed by atoms with van der Waals surface area (Å²) in [5, 5.41) is 10.1. The first-order chi connectivity index (χ1) is 9.79. The zero-order chi connectivity index (χ0) is 15.6. The van der Waals surface area contributed by atoms with Crippen LogP contribution in [0.2, 0.25) is 5.02 Å². The number of aliphatic hydroxyl groups is 1. The fourth-order valence-electron chi connectivity index (χ4n) is 2.15. The maximum absolute atomic E-state index is 9.58. The van der Waals surface area contributed by atoms with Crippen molar-refractivity contribution in [2.75, 3.05) is 0 Å². The molecule has 0 spiro atoms. The second-order valence-electron chi connectivity index (χ2n) is 6.21.